The quantitative estimate of drug-likeness (QED) is 0.753. The van der Waals surface area contributed by atoms with E-state index >= 15 is 0 Å². The van der Waals surface area contributed by atoms with Gasteiger partial charge in [-0.1, -0.05) is 56.7 Å². The van der Waals surface area contributed by atoms with E-state index in [1.54, 1.807) is 0 Å². The minimum Gasteiger partial charge on any atom is -0.324 e. The zero-order valence-corrected chi connectivity index (χ0v) is 8.87. The summed E-state index contributed by atoms with van der Waals surface area (Å²) in [4.78, 5) is 0. The molecule has 0 aliphatic rings. The summed E-state index contributed by atoms with van der Waals surface area (Å²) in [6, 6.07) is 8.37. The lowest BCUT2D eigenvalue weighted by molar-refractivity contribution is 0.603. The largest absolute Gasteiger partial charge is 0.324 e. The van der Waals surface area contributed by atoms with Gasteiger partial charge in [0.1, 0.15) is 0 Å². The van der Waals surface area contributed by atoms with E-state index in [9.17, 15) is 0 Å². The molecule has 0 spiro atoms. The van der Waals surface area contributed by atoms with Gasteiger partial charge in [-0.05, 0) is 17.5 Å². The molecule has 14 heavy (non-hydrogen) atoms. The fraction of sp³-hybridized carbons (Fsp3) is 0.385. The van der Waals surface area contributed by atoms with E-state index in [-0.39, 0.29) is 6.04 Å². The third kappa shape index (κ3) is 2.71. The predicted molar refractivity (Wildman–Crippen MR) is 63.0 cm³/mol. The second-order valence-corrected chi connectivity index (χ2v) is 3.58. The molecular formula is C13H19N. The van der Waals surface area contributed by atoms with Gasteiger partial charge in [0.2, 0.25) is 0 Å². The summed E-state index contributed by atoms with van der Waals surface area (Å²) in [5.41, 5.74) is 8.49. The molecule has 1 rings (SSSR count). The van der Waals surface area contributed by atoms with E-state index in [4.69, 9.17) is 5.73 Å². The predicted octanol–water partition coefficient (Wildman–Crippen LogP) is 3.52. The number of benzene rings is 1. The van der Waals surface area contributed by atoms with Gasteiger partial charge in [0.15, 0.2) is 0 Å². The van der Waals surface area contributed by atoms with E-state index in [0.717, 1.165) is 12.0 Å². The summed E-state index contributed by atoms with van der Waals surface area (Å²) < 4.78 is 0. The number of hydrogen-bond acceptors (Lipinski definition) is 1. The van der Waals surface area contributed by atoms with Crippen molar-refractivity contribution < 1.29 is 0 Å². The Morgan fingerprint density at radius 1 is 1.43 bits per heavy atom. The lowest BCUT2D eigenvalue weighted by atomic mass is 9.97. The minimum atomic E-state index is 0.157. The van der Waals surface area contributed by atoms with Crippen LogP contribution in [0.5, 0.6) is 0 Å². The highest BCUT2D eigenvalue weighted by atomic mass is 14.6. The van der Waals surface area contributed by atoms with Gasteiger partial charge in [-0.25, -0.2) is 0 Å². The first kappa shape index (κ1) is 11.0. The zero-order chi connectivity index (χ0) is 10.4. The molecule has 0 radical (unpaired) electrons. The first-order valence-corrected chi connectivity index (χ1v) is 5.26. The lowest BCUT2D eigenvalue weighted by Crippen LogP contribution is -2.11. The van der Waals surface area contributed by atoms with Crippen molar-refractivity contribution in [2.75, 3.05) is 0 Å². The molecule has 0 aliphatic carbocycles. The van der Waals surface area contributed by atoms with Gasteiger partial charge in [0, 0.05) is 6.04 Å². The van der Waals surface area contributed by atoms with Crippen LogP contribution in [0.15, 0.2) is 30.8 Å². The van der Waals surface area contributed by atoms with Gasteiger partial charge >= 0.3 is 0 Å². The summed E-state index contributed by atoms with van der Waals surface area (Å²) in [7, 11) is 0. The lowest BCUT2D eigenvalue weighted by Gasteiger charge is -2.14. The maximum atomic E-state index is 6.11. The van der Waals surface area contributed by atoms with Gasteiger partial charge < -0.3 is 5.73 Å². The van der Waals surface area contributed by atoms with Crippen LogP contribution in [0.25, 0.3) is 6.08 Å². The van der Waals surface area contributed by atoms with Crippen molar-refractivity contribution in [3.63, 3.8) is 0 Å². The Morgan fingerprint density at radius 3 is 2.79 bits per heavy atom. The molecule has 1 heteroatoms. The molecule has 0 amide bonds. The first-order chi connectivity index (χ1) is 6.79. The van der Waals surface area contributed by atoms with Gasteiger partial charge in [-0.15, -0.1) is 0 Å². The summed E-state index contributed by atoms with van der Waals surface area (Å²) in [6.07, 6.45) is 5.32. The van der Waals surface area contributed by atoms with Crippen LogP contribution in [0, 0.1) is 0 Å². The molecule has 0 bridgehead atoms. The van der Waals surface area contributed by atoms with Crippen LogP contribution in [0.2, 0.25) is 0 Å². The second kappa shape index (κ2) is 5.61. The van der Waals surface area contributed by atoms with Crippen molar-refractivity contribution in [1.82, 2.24) is 0 Å². The van der Waals surface area contributed by atoms with E-state index < -0.39 is 0 Å². The Kier molecular flexibility index (Phi) is 4.41. The van der Waals surface area contributed by atoms with Crippen molar-refractivity contribution in [2.24, 2.45) is 5.73 Å². The normalized spacial score (nSPS) is 12.4. The number of unbranched alkanes of at least 4 members (excludes halogenated alkanes) is 1. The third-order valence-electron chi connectivity index (χ3n) is 2.48. The summed E-state index contributed by atoms with van der Waals surface area (Å²) in [5, 5.41) is 0. The average Bonchev–Trinajstić information content (AvgIpc) is 2.25. The van der Waals surface area contributed by atoms with E-state index in [0.29, 0.717) is 0 Å². The topological polar surface area (TPSA) is 26.0 Å². The van der Waals surface area contributed by atoms with Crippen LogP contribution >= 0.6 is 0 Å². The summed E-state index contributed by atoms with van der Waals surface area (Å²) >= 11 is 0. The van der Waals surface area contributed by atoms with Crippen LogP contribution in [0.3, 0.4) is 0 Å². The highest BCUT2D eigenvalue weighted by Gasteiger charge is 2.07. The Hall–Kier alpha value is -1.08. The van der Waals surface area contributed by atoms with Crippen molar-refractivity contribution in [1.29, 1.82) is 0 Å². The van der Waals surface area contributed by atoms with Crippen LogP contribution in [0.1, 0.15) is 43.4 Å². The zero-order valence-electron chi connectivity index (χ0n) is 8.87. The molecule has 1 atom stereocenters. The molecule has 1 unspecified atom stereocenters. The number of hydrogen-bond donors (Lipinski definition) is 1. The molecule has 0 heterocycles. The van der Waals surface area contributed by atoms with Crippen molar-refractivity contribution in [2.45, 2.75) is 32.2 Å². The third-order valence-corrected chi connectivity index (χ3v) is 2.48. The van der Waals surface area contributed by atoms with Crippen molar-refractivity contribution in [3.05, 3.63) is 42.0 Å². The maximum absolute atomic E-state index is 6.11. The Morgan fingerprint density at radius 2 is 2.14 bits per heavy atom. The molecule has 0 aromatic heterocycles. The number of nitrogens with two attached hydrogens (primary N) is 1. The molecule has 0 saturated carbocycles. The Labute approximate surface area is 86.6 Å². The summed E-state index contributed by atoms with van der Waals surface area (Å²) in [6.45, 7) is 5.99. The molecule has 2 N–H and O–H groups in total. The highest BCUT2D eigenvalue weighted by molar-refractivity contribution is 5.52. The fourth-order valence-electron chi connectivity index (χ4n) is 1.61. The summed E-state index contributed by atoms with van der Waals surface area (Å²) in [5.74, 6) is 0. The number of rotatable bonds is 5. The first-order valence-electron chi connectivity index (χ1n) is 5.26. The van der Waals surface area contributed by atoms with Gasteiger partial charge in [-0.2, -0.15) is 0 Å². The molecular weight excluding hydrogens is 170 g/mol. The fourth-order valence-corrected chi connectivity index (χ4v) is 1.61. The van der Waals surface area contributed by atoms with Crippen LogP contribution in [0.4, 0.5) is 0 Å². The van der Waals surface area contributed by atoms with Gasteiger partial charge in [-0.3, -0.25) is 0 Å². The van der Waals surface area contributed by atoms with E-state index in [1.165, 1.54) is 18.4 Å². The minimum absolute atomic E-state index is 0.157. The molecule has 0 aliphatic heterocycles. The molecule has 0 saturated heterocycles. The second-order valence-electron chi connectivity index (χ2n) is 3.58. The monoisotopic (exact) mass is 189 g/mol. The van der Waals surface area contributed by atoms with E-state index in [1.807, 2.05) is 18.2 Å². The Bertz CT molecular complexity index is 291. The smallest absolute Gasteiger partial charge is 0.0300 e. The molecule has 0 fully saturated rings. The SMILES string of the molecule is C=Cc1ccccc1C(N)CCCC. The molecule has 76 valence electrons. The van der Waals surface area contributed by atoms with Crippen LogP contribution < -0.4 is 5.73 Å². The van der Waals surface area contributed by atoms with Gasteiger partial charge in [0.25, 0.3) is 0 Å². The maximum Gasteiger partial charge on any atom is 0.0300 e. The highest BCUT2D eigenvalue weighted by Crippen LogP contribution is 2.21. The van der Waals surface area contributed by atoms with E-state index in [2.05, 4.69) is 25.6 Å². The Balaban J connectivity index is 2.77. The standard InChI is InChI=1S/C13H19N/c1-3-5-10-13(14)12-9-7-6-8-11(12)4-2/h4,6-9,13H,2-3,5,10,14H2,1H3. The molecule has 1 aromatic rings. The molecule has 1 aromatic carbocycles. The van der Waals surface area contributed by atoms with Crippen LogP contribution in [-0.2, 0) is 0 Å². The van der Waals surface area contributed by atoms with Crippen LogP contribution in [-0.4, -0.2) is 0 Å². The molecule has 1 nitrogen and oxygen atoms in total. The van der Waals surface area contributed by atoms with Crippen molar-refractivity contribution >= 4 is 6.08 Å². The van der Waals surface area contributed by atoms with Crippen molar-refractivity contribution in [3.8, 4) is 0 Å². The van der Waals surface area contributed by atoms with Gasteiger partial charge in [0.05, 0.1) is 0 Å². The average molecular weight is 189 g/mol.